The highest BCUT2D eigenvalue weighted by molar-refractivity contribution is 6.06. The van der Waals surface area contributed by atoms with Crippen LogP contribution < -0.4 is 27.4 Å². The number of amides is 4. The van der Waals surface area contributed by atoms with E-state index in [2.05, 4.69) is 26.2 Å². The highest BCUT2D eigenvalue weighted by atomic mass is 19.1. The maximum Gasteiger partial charge on any atom is 0.328 e. The number of urea groups is 1. The molecule has 0 spiro atoms. The lowest BCUT2D eigenvalue weighted by molar-refractivity contribution is -0.120. The molecule has 15 nitrogen and oxygen atoms in total. The molecule has 4 saturated heterocycles. The molecule has 4 atom stereocenters. The molecule has 334 valence electrons. The number of carbonyl (C=O) groups is 3. The van der Waals surface area contributed by atoms with Crippen LogP contribution in [0.5, 0.6) is 5.75 Å². The second-order valence-electron chi connectivity index (χ2n) is 17.7. The lowest BCUT2D eigenvalue weighted by atomic mass is 9.92. The number of ether oxygens (including phenoxy) is 1. The van der Waals surface area contributed by atoms with Crippen molar-refractivity contribution in [3.8, 4) is 5.75 Å². The third-order valence-corrected chi connectivity index (χ3v) is 13.3. The molecule has 4 aliphatic heterocycles. The minimum Gasteiger partial charge on any atom is -0.507 e. The Balaban J connectivity index is 0.860. The maximum atomic E-state index is 16.1. The number of aromatic nitrogens is 2. The van der Waals surface area contributed by atoms with Crippen molar-refractivity contribution in [3.63, 3.8) is 0 Å². The van der Waals surface area contributed by atoms with Gasteiger partial charge in [-0.1, -0.05) is 18.2 Å². The summed E-state index contributed by atoms with van der Waals surface area (Å²) in [7, 11) is 0. The number of morpholine rings is 1. The average molecular weight is 863 g/mol. The summed E-state index contributed by atoms with van der Waals surface area (Å²) < 4.78 is 24.4. The van der Waals surface area contributed by atoms with Gasteiger partial charge in [0.1, 0.15) is 29.5 Å². The number of piperidine rings is 2. The number of anilines is 1. The van der Waals surface area contributed by atoms with Crippen molar-refractivity contribution in [2.24, 2.45) is 23.1 Å². The molecule has 0 aliphatic carbocycles. The fraction of sp³-hybridized carbons (Fsp3) is 0.447. The van der Waals surface area contributed by atoms with Crippen molar-refractivity contribution in [1.29, 1.82) is 0 Å². The molecule has 4 amide bonds. The molecular formula is C47H59FN10O5. The maximum absolute atomic E-state index is 16.1. The van der Waals surface area contributed by atoms with Crippen LogP contribution >= 0.6 is 0 Å². The number of likely N-dealkylation sites (tertiary alicyclic amines) is 2. The number of pyridine rings is 1. The second-order valence-corrected chi connectivity index (χ2v) is 17.7. The van der Waals surface area contributed by atoms with Crippen LogP contribution in [0.4, 0.5) is 14.9 Å². The van der Waals surface area contributed by atoms with Gasteiger partial charge in [-0.3, -0.25) is 19.8 Å². The summed E-state index contributed by atoms with van der Waals surface area (Å²) in [5, 5.41) is 13.6. The Morgan fingerprint density at radius 2 is 1.73 bits per heavy atom. The Morgan fingerprint density at radius 1 is 0.968 bits per heavy atom. The van der Waals surface area contributed by atoms with E-state index in [-0.39, 0.29) is 54.5 Å². The zero-order valence-corrected chi connectivity index (χ0v) is 36.5. The number of hydrogen-bond donors (Lipinski definition) is 5. The molecule has 0 radical (unpaired) electrons. The molecule has 63 heavy (non-hydrogen) atoms. The molecule has 4 aromatic rings. The SMILES string of the molecule is Cc1cc(C2CN(C(/C=C(\N)c3ccccc3O)=C(N)N)C(C)CO2)c(C)cc1C(=O)N1CCC(CN2CCC(n3cc(C)c4cc(N5CCC(=O)NC5=O)cnc43)C(F)C2)CC1. The van der Waals surface area contributed by atoms with Crippen LogP contribution in [-0.2, 0) is 9.53 Å². The van der Waals surface area contributed by atoms with E-state index in [4.69, 9.17) is 21.9 Å². The Hall–Kier alpha value is -6.13. The van der Waals surface area contributed by atoms with Crippen LogP contribution in [0.2, 0.25) is 0 Å². The number of carbonyl (C=O) groups excluding carboxylic acids is 3. The highest BCUT2D eigenvalue weighted by Crippen LogP contribution is 2.36. The number of allylic oxidation sites excluding steroid dienone is 1. The number of aromatic hydroxyl groups is 1. The van der Waals surface area contributed by atoms with Crippen LogP contribution in [-0.4, -0.2) is 112 Å². The van der Waals surface area contributed by atoms with Crippen molar-refractivity contribution in [3.05, 3.63) is 106 Å². The van der Waals surface area contributed by atoms with Gasteiger partial charge >= 0.3 is 6.03 Å². The summed E-state index contributed by atoms with van der Waals surface area (Å²) in [5.74, 6) is 0.248. The number of phenolic OH excluding ortho intramolecular Hbond substituents is 1. The van der Waals surface area contributed by atoms with E-state index < -0.39 is 12.2 Å². The first-order chi connectivity index (χ1) is 30.2. The number of phenols is 1. The first-order valence-corrected chi connectivity index (χ1v) is 21.9. The molecule has 6 heterocycles. The lowest BCUT2D eigenvalue weighted by Crippen LogP contribution is -2.49. The number of fused-ring (bicyclic) bond motifs is 1. The van der Waals surface area contributed by atoms with Gasteiger partial charge in [0.05, 0.1) is 30.2 Å². The predicted molar refractivity (Wildman–Crippen MR) is 240 cm³/mol. The average Bonchev–Trinajstić information content (AvgIpc) is 3.58. The number of rotatable bonds is 9. The van der Waals surface area contributed by atoms with Crippen molar-refractivity contribution in [2.75, 3.05) is 57.3 Å². The van der Waals surface area contributed by atoms with Crippen LogP contribution in [0.3, 0.4) is 0 Å². The van der Waals surface area contributed by atoms with E-state index in [1.54, 1.807) is 36.5 Å². The topological polar surface area (TPSA) is 202 Å². The molecule has 2 aromatic carbocycles. The largest absolute Gasteiger partial charge is 0.507 e. The zero-order valence-electron chi connectivity index (χ0n) is 36.5. The lowest BCUT2D eigenvalue weighted by Gasteiger charge is -2.41. The number of aryl methyl sites for hydroxylation is 3. The standard InChI is InChI=1S/C47H59FN10O5/c1-27-18-36(28(2)17-34(27)42-25-57(30(4)26-63-42)40(44(50)51)20-38(49)33-7-5-6-8-41(33)59)46(61)55-14-9-31(10-15-55)23-54-13-11-39(37(48)24-54)58-22-29(3)35-19-32(21-52-45(35)58)56-16-12-43(60)53-47(56)62/h5-8,17-22,30-31,37,39,42,59H,9-16,23-26,49-51H2,1-4H3,(H,53,60,62)/b38-20-. The van der Waals surface area contributed by atoms with E-state index in [1.807, 2.05) is 55.5 Å². The molecule has 4 fully saturated rings. The first-order valence-electron chi connectivity index (χ1n) is 21.9. The number of alkyl halides is 1. The molecule has 0 bridgehead atoms. The number of imide groups is 1. The number of nitrogens with one attached hydrogen (secondary N) is 1. The summed E-state index contributed by atoms with van der Waals surface area (Å²) in [6.45, 7) is 12.3. The number of benzene rings is 2. The Morgan fingerprint density at radius 3 is 2.44 bits per heavy atom. The third kappa shape index (κ3) is 8.91. The Bertz CT molecular complexity index is 2470. The van der Waals surface area contributed by atoms with Gasteiger partial charge in [-0.25, -0.2) is 14.2 Å². The summed E-state index contributed by atoms with van der Waals surface area (Å²) in [5.41, 5.74) is 26.0. The molecule has 4 aliphatic rings. The predicted octanol–water partition coefficient (Wildman–Crippen LogP) is 5.10. The van der Waals surface area contributed by atoms with E-state index in [9.17, 15) is 19.5 Å². The second kappa shape index (κ2) is 17.9. The minimum atomic E-state index is -1.08. The van der Waals surface area contributed by atoms with Crippen molar-refractivity contribution < 1.29 is 28.6 Å². The fourth-order valence-corrected chi connectivity index (χ4v) is 9.75. The monoisotopic (exact) mass is 862 g/mol. The smallest absolute Gasteiger partial charge is 0.328 e. The zero-order chi connectivity index (χ0) is 44.7. The fourth-order valence-electron chi connectivity index (χ4n) is 9.75. The van der Waals surface area contributed by atoms with Gasteiger partial charge in [0.15, 0.2) is 0 Å². The van der Waals surface area contributed by atoms with E-state index in [0.717, 1.165) is 53.6 Å². The van der Waals surface area contributed by atoms with Gasteiger partial charge in [0.2, 0.25) is 5.91 Å². The van der Waals surface area contributed by atoms with Gasteiger partial charge in [-0.05, 0) is 105 Å². The summed E-state index contributed by atoms with van der Waals surface area (Å²) in [4.78, 5) is 50.6. The van der Waals surface area contributed by atoms with Crippen LogP contribution in [0.1, 0.15) is 82.9 Å². The summed E-state index contributed by atoms with van der Waals surface area (Å²) in [6.07, 6.45) is 6.44. The van der Waals surface area contributed by atoms with Crippen molar-refractivity contribution >= 4 is 40.3 Å². The van der Waals surface area contributed by atoms with E-state index in [0.29, 0.717) is 79.0 Å². The minimum absolute atomic E-state index is 0.0141. The molecule has 8 rings (SSSR count). The Kier molecular flexibility index (Phi) is 12.4. The molecular weight excluding hydrogens is 804 g/mol. The van der Waals surface area contributed by atoms with Gasteiger partial charge in [-0.2, -0.15) is 0 Å². The normalized spacial score (nSPS) is 23.0. The number of nitrogens with zero attached hydrogens (tertiary/aromatic N) is 6. The molecule has 8 N–H and O–H groups in total. The van der Waals surface area contributed by atoms with Gasteiger partial charge in [-0.15, -0.1) is 0 Å². The quantitative estimate of drug-likeness (QED) is 0.140. The number of nitrogens with two attached hydrogens (primary N) is 3. The van der Waals surface area contributed by atoms with Crippen LogP contribution in [0.25, 0.3) is 16.7 Å². The third-order valence-electron chi connectivity index (χ3n) is 13.3. The van der Waals surface area contributed by atoms with Gasteiger partial charge < -0.3 is 46.3 Å². The van der Waals surface area contributed by atoms with Crippen molar-refractivity contribution in [1.82, 2.24) is 29.6 Å². The molecule has 16 heteroatoms. The Labute approximate surface area is 367 Å². The van der Waals surface area contributed by atoms with Gasteiger partial charge in [0, 0.05) is 86.7 Å². The van der Waals surface area contributed by atoms with Crippen molar-refractivity contribution in [2.45, 2.75) is 77.7 Å². The molecule has 4 unspecified atom stereocenters. The first kappa shape index (κ1) is 43.5. The van der Waals surface area contributed by atoms with Crippen LogP contribution in [0.15, 0.2) is 72.5 Å². The van der Waals surface area contributed by atoms with E-state index >= 15 is 4.39 Å². The number of para-hydroxylation sites is 1. The molecule has 2 aromatic heterocycles. The number of hydrogen-bond acceptors (Lipinski definition) is 11. The van der Waals surface area contributed by atoms with E-state index in [1.165, 1.54) is 4.90 Å². The summed E-state index contributed by atoms with van der Waals surface area (Å²) >= 11 is 0. The summed E-state index contributed by atoms with van der Waals surface area (Å²) in [6, 6.07) is 11.9. The molecule has 0 saturated carbocycles. The van der Waals surface area contributed by atoms with Crippen LogP contribution in [0, 0.1) is 26.7 Å². The number of halogens is 1. The highest BCUT2D eigenvalue weighted by Gasteiger charge is 2.35. The van der Waals surface area contributed by atoms with Gasteiger partial charge in [0.25, 0.3) is 5.91 Å².